The Labute approximate surface area is 198 Å². The van der Waals surface area contributed by atoms with Crippen LogP contribution >= 0.6 is 15.9 Å². The van der Waals surface area contributed by atoms with Crippen molar-refractivity contribution in [1.82, 2.24) is 5.32 Å². The molecule has 0 spiro atoms. The monoisotopic (exact) mass is 498 g/mol. The van der Waals surface area contributed by atoms with Crippen molar-refractivity contribution in [3.8, 4) is 5.75 Å². The number of hydrogen-bond acceptors (Lipinski definition) is 4. The molecule has 4 bridgehead atoms. The summed E-state index contributed by atoms with van der Waals surface area (Å²) in [6.45, 7) is 0.682. The highest BCUT2D eigenvalue weighted by Gasteiger charge is 2.50. The average Bonchev–Trinajstić information content (AvgIpc) is 2.77. The number of benzene rings is 2. The van der Waals surface area contributed by atoms with Crippen LogP contribution in [0.2, 0.25) is 0 Å². The van der Waals surface area contributed by atoms with Crippen molar-refractivity contribution in [1.29, 1.82) is 0 Å². The second kappa shape index (κ2) is 9.16. The molecule has 0 heterocycles. The maximum atomic E-state index is 12.8. The number of β-amino-alcohol motifs (C(OH)–C–C–N with tert-alkyl or cyclic N) is 1. The largest absolute Gasteiger partial charge is 0.490 e. The molecule has 2 aromatic rings. The summed E-state index contributed by atoms with van der Waals surface area (Å²) in [6.07, 6.45) is 7.37. The number of aliphatic hydroxyl groups is 1. The number of amides is 1. The molecule has 4 saturated carbocycles. The van der Waals surface area contributed by atoms with Crippen molar-refractivity contribution in [2.75, 3.05) is 18.5 Å². The molecular weight excluding hydrogens is 468 g/mol. The summed E-state index contributed by atoms with van der Waals surface area (Å²) in [7, 11) is 0. The zero-order valence-corrected chi connectivity index (χ0v) is 19.8. The van der Waals surface area contributed by atoms with Gasteiger partial charge in [0.15, 0.2) is 0 Å². The minimum Gasteiger partial charge on any atom is -0.490 e. The van der Waals surface area contributed by atoms with Gasteiger partial charge in [-0.05, 0) is 92.7 Å². The van der Waals surface area contributed by atoms with Crippen LogP contribution in [0.5, 0.6) is 5.75 Å². The summed E-state index contributed by atoms with van der Waals surface area (Å²) in [5.74, 6) is 2.87. The van der Waals surface area contributed by atoms with Crippen LogP contribution in [0, 0.1) is 17.8 Å². The van der Waals surface area contributed by atoms with Crippen molar-refractivity contribution in [2.45, 2.75) is 50.2 Å². The van der Waals surface area contributed by atoms with Gasteiger partial charge in [-0.25, -0.2) is 0 Å². The molecule has 3 N–H and O–H groups in total. The maximum absolute atomic E-state index is 12.8. The minimum atomic E-state index is -0.620. The molecule has 1 unspecified atom stereocenters. The molecular formula is C26H31BrN2O3. The number of rotatable bonds is 8. The van der Waals surface area contributed by atoms with Crippen LogP contribution in [-0.2, 0) is 0 Å². The topological polar surface area (TPSA) is 70.6 Å². The molecule has 6 rings (SSSR count). The first-order chi connectivity index (χ1) is 15.5. The predicted molar refractivity (Wildman–Crippen MR) is 129 cm³/mol. The summed E-state index contributed by atoms with van der Waals surface area (Å²) in [4.78, 5) is 12.8. The predicted octanol–water partition coefficient (Wildman–Crippen LogP) is 5.00. The van der Waals surface area contributed by atoms with Gasteiger partial charge in [0.2, 0.25) is 0 Å². The number of anilines is 1. The van der Waals surface area contributed by atoms with Crippen LogP contribution in [0.3, 0.4) is 0 Å². The van der Waals surface area contributed by atoms with E-state index in [0.717, 1.165) is 22.2 Å². The first-order valence-corrected chi connectivity index (χ1v) is 12.5. The zero-order valence-electron chi connectivity index (χ0n) is 18.2. The number of para-hydroxylation sites is 1. The number of carbonyl (C=O) groups excluding carboxylic acids is 1. The molecule has 4 aliphatic rings. The molecule has 4 fully saturated rings. The number of halogens is 1. The fourth-order valence-electron chi connectivity index (χ4n) is 6.42. The maximum Gasteiger partial charge on any atom is 0.259 e. The van der Waals surface area contributed by atoms with E-state index in [-0.39, 0.29) is 18.1 Å². The van der Waals surface area contributed by atoms with Crippen LogP contribution in [0.4, 0.5) is 5.69 Å². The normalized spacial score (nSPS) is 29.0. The third kappa shape index (κ3) is 4.87. The van der Waals surface area contributed by atoms with E-state index in [1.807, 2.05) is 36.4 Å². The Morgan fingerprint density at radius 3 is 2.31 bits per heavy atom. The molecule has 4 aliphatic carbocycles. The molecule has 0 saturated heterocycles. The average molecular weight is 499 g/mol. The lowest BCUT2D eigenvalue weighted by molar-refractivity contribution is -0.0266. The van der Waals surface area contributed by atoms with Crippen molar-refractivity contribution in [2.24, 2.45) is 17.8 Å². The fourth-order valence-corrected chi connectivity index (χ4v) is 6.68. The van der Waals surface area contributed by atoms with Gasteiger partial charge in [-0.3, -0.25) is 4.79 Å². The van der Waals surface area contributed by atoms with E-state index in [1.54, 1.807) is 12.1 Å². The lowest BCUT2D eigenvalue weighted by Gasteiger charge is -2.57. The Morgan fingerprint density at radius 2 is 1.66 bits per heavy atom. The molecule has 0 aromatic heterocycles. The lowest BCUT2D eigenvalue weighted by Crippen LogP contribution is -2.59. The Balaban J connectivity index is 1.15. The van der Waals surface area contributed by atoms with Gasteiger partial charge in [-0.1, -0.05) is 28.1 Å². The van der Waals surface area contributed by atoms with E-state index >= 15 is 0 Å². The minimum absolute atomic E-state index is 0.155. The summed E-state index contributed by atoms with van der Waals surface area (Å²) in [6, 6.07) is 14.6. The smallest absolute Gasteiger partial charge is 0.259 e. The number of aliphatic hydroxyl groups excluding tert-OH is 1. The van der Waals surface area contributed by atoms with Crippen LogP contribution in [0.15, 0.2) is 53.0 Å². The van der Waals surface area contributed by atoms with E-state index in [2.05, 4.69) is 26.6 Å². The van der Waals surface area contributed by atoms with Gasteiger partial charge >= 0.3 is 0 Å². The lowest BCUT2D eigenvalue weighted by atomic mass is 9.53. The molecule has 1 amide bonds. The van der Waals surface area contributed by atoms with Gasteiger partial charge < -0.3 is 20.5 Å². The second-order valence-electron chi connectivity index (χ2n) is 10.0. The van der Waals surface area contributed by atoms with Crippen molar-refractivity contribution >= 4 is 27.5 Å². The van der Waals surface area contributed by atoms with Gasteiger partial charge in [-0.15, -0.1) is 0 Å². The Morgan fingerprint density at radius 1 is 1.03 bits per heavy atom. The first-order valence-electron chi connectivity index (χ1n) is 11.7. The van der Waals surface area contributed by atoms with E-state index in [4.69, 9.17) is 4.74 Å². The highest BCUT2D eigenvalue weighted by molar-refractivity contribution is 9.10. The highest BCUT2D eigenvalue weighted by Crippen LogP contribution is 2.55. The van der Waals surface area contributed by atoms with Crippen molar-refractivity contribution < 1.29 is 14.6 Å². The number of carbonyl (C=O) groups is 1. The van der Waals surface area contributed by atoms with Crippen LogP contribution in [-0.4, -0.2) is 35.8 Å². The first kappa shape index (κ1) is 21.9. The standard InChI is InChI=1S/C26H31BrN2O3/c27-20-5-7-21(8-6-20)29-25(31)23-3-1-2-4-24(23)32-16-22(30)15-28-26-12-17-9-18(13-26)11-19(10-17)14-26/h1-8,17-19,22,28,30H,9-16H2,(H,29,31). The van der Waals surface area contributed by atoms with Crippen molar-refractivity contribution in [3.05, 3.63) is 58.6 Å². The van der Waals surface area contributed by atoms with Crippen molar-refractivity contribution in [3.63, 3.8) is 0 Å². The van der Waals surface area contributed by atoms with E-state index < -0.39 is 6.10 Å². The Kier molecular flexibility index (Phi) is 6.28. The molecule has 0 radical (unpaired) electrons. The molecule has 170 valence electrons. The fraction of sp³-hybridized carbons (Fsp3) is 0.500. The third-order valence-electron chi connectivity index (χ3n) is 7.42. The summed E-state index contributed by atoms with van der Waals surface area (Å²) < 4.78 is 6.84. The van der Waals surface area contributed by atoms with Crippen LogP contribution in [0.1, 0.15) is 48.9 Å². The van der Waals surface area contributed by atoms with Gasteiger partial charge in [0, 0.05) is 22.2 Å². The van der Waals surface area contributed by atoms with Gasteiger partial charge in [0.1, 0.15) is 18.5 Å². The summed E-state index contributed by atoms with van der Waals surface area (Å²) in [5, 5.41) is 17.2. The molecule has 1 atom stereocenters. The summed E-state index contributed by atoms with van der Waals surface area (Å²) in [5.41, 5.74) is 1.39. The Bertz CT molecular complexity index is 927. The van der Waals surface area contributed by atoms with E-state index in [9.17, 15) is 9.90 Å². The van der Waals surface area contributed by atoms with E-state index in [1.165, 1.54) is 38.5 Å². The molecule has 5 nitrogen and oxygen atoms in total. The zero-order chi connectivity index (χ0) is 22.1. The van der Waals surface area contributed by atoms with Gasteiger partial charge in [0.25, 0.3) is 5.91 Å². The highest BCUT2D eigenvalue weighted by atomic mass is 79.9. The van der Waals surface area contributed by atoms with Crippen LogP contribution in [0.25, 0.3) is 0 Å². The quantitative estimate of drug-likeness (QED) is 0.478. The molecule has 0 aliphatic heterocycles. The van der Waals surface area contributed by atoms with Gasteiger partial charge in [0.05, 0.1) is 5.56 Å². The van der Waals surface area contributed by atoms with E-state index in [0.29, 0.717) is 23.5 Å². The number of nitrogens with one attached hydrogen (secondary N) is 2. The molecule has 6 heteroatoms. The second-order valence-corrected chi connectivity index (χ2v) is 10.9. The van der Waals surface area contributed by atoms with Gasteiger partial charge in [-0.2, -0.15) is 0 Å². The molecule has 32 heavy (non-hydrogen) atoms. The SMILES string of the molecule is O=C(Nc1ccc(Br)cc1)c1ccccc1OCC(O)CNC12CC3CC(CC(C3)C1)C2. The van der Waals surface area contributed by atoms with Crippen LogP contribution < -0.4 is 15.4 Å². The summed E-state index contributed by atoms with van der Waals surface area (Å²) >= 11 is 3.40. The Hall–Kier alpha value is -1.89. The third-order valence-corrected chi connectivity index (χ3v) is 7.94. The molecule has 2 aromatic carbocycles. The number of hydrogen-bond donors (Lipinski definition) is 3. The number of ether oxygens (including phenoxy) is 1.